The van der Waals surface area contributed by atoms with Crippen molar-refractivity contribution in [1.29, 1.82) is 0 Å². The van der Waals surface area contributed by atoms with Crippen molar-refractivity contribution in [2.75, 3.05) is 11.4 Å². The van der Waals surface area contributed by atoms with Gasteiger partial charge in [0, 0.05) is 29.1 Å². The maximum atomic E-state index is 12.0. The number of para-hydroxylation sites is 1. The Balaban J connectivity index is 1.78. The molecule has 1 aliphatic rings. The SMILES string of the molecule is CCC1CCCCN1c1ncnc(Sc2cccc3cccnc23)c1[N+](=O)[O-]. The van der Waals surface area contributed by atoms with Crippen LogP contribution in [-0.4, -0.2) is 32.5 Å². The van der Waals surface area contributed by atoms with Gasteiger partial charge < -0.3 is 4.90 Å². The van der Waals surface area contributed by atoms with Gasteiger partial charge in [-0.1, -0.05) is 36.9 Å². The maximum Gasteiger partial charge on any atom is 0.343 e. The summed E-state index contributed by atoms with van der Waals surface area (Å²) in [5.41, 5.74) is 0.801. The summed E-state index contributed by atoms with van der Waals surface area (Å²) in [5, 5.41) is 13.4. The molecule has 1 saturated heterocycles. The first-order chi connectivity index (χ1) is 13.7. The minimum absolute atomic E-state index is 0.0132. The first kappa shape index (κ1) is 18.6. The number of fused-ring (bicyclic) bond motifs is 1. The van der Waals surface area contributed by atoms with E-state index in [1.165, 1.54) is 18.1 Å². The van der Waals surface area contributed by atoms with Gasteiger partial charge in [0.2, 0.25) is 5.82 Å². The van der Waals surface area contributed by atoms with E-state index in [0.717, 1.165) is 48.0 Å². The molecule has 1 aromatic carbocycles. The average molecular weight is 395 g/mol. The van der Waals surface area contributed by atoms with Crippen LogP contribution in [-0.2, 0) is 0 Å². The highest BCUT2D eigenvalue weighted by molar-refractivity contribution is 7.99. The van der Waals surface area contributed by atoms with Crippen LogP contribution in [0.15, 0.2) is 52.8 Å². The topological polar surface area (TPSA) is 85.0 Å². The van der Waals surface area contributed by atoms with E-state index in [1.54, 1.807) is 6.20 Å². The molecule has 1 atom stereocenters. The van der Waals surface area contributed by atoms with Gasteiger partial charge in [-0.25, -0.2) is 9.97 Å². The summed E-state index contributed by atoms with van der Waals surface area (Å²) in [6.07, 6.45) is 7.31. The molecule has 0 bridgehead atoms. The summed E-state index contributed by atoms with van der Waals surface area (Å²) >= 11 is 1.28. The predicted octanol–water partition coefficient (Wildman–Crippen LogP) is 4.85. The van der Waals surface area contributed by atoms with Crippen LogP contribution in [0.5, 0.6) is 0 Å². The number of piperidine rings is 1. The standard InChI is InChI=1S/C20H21N5O2S/c1-2-15-9-3-4-12-24(15)19-18(25(26)27)20(23-13-22-19)28-16-10-5-7-14-8-6-11-21-17(14)16/h5-8,10-11,13,15H,2-4,9,12H2,1H3. The molecule has 2 aromatic heterocycles. The number of anilines is 1. The Hall–Kier alpha value is -2.74. The third kappa shape index (κ3) is 3.52. The molecule has 4 rings (SSSR count). The number of benzene rings is 1. The molecule has 3 aromatic rings. The van der Waals surface area contributed by atoms with Crippen molar-refractivity contribution in [3.8, 4) is 0 Å². The maximum absolute atomic E-state index is 12.0. The van der Waals surface area contributed by atoms with Crippen molar-refractivity contribution in [3.63, 3.8) is 0 Å². The second-order valence-corrected chi connectivity index (χ2v) is 7.82. The minimum atomic E-state index is -0.350. The summed E-state index contributed by atoms with van der Waals surface area (Å²) in [6.45, 7) is 2.91. The Labute approximate surface area is 167 Å². The van der Waals surface area contributed by atoms with Gasteiger partial charge in [0.1, 0.15) is 6.33 Å². The first-order valence-corrected chi connectivity index (χ1v) is 10.3. The van der Waals surface area contributed by atoms with Gasteiger partial charge in [0.25, 0.3) is 0 Å². The lowest BCUT2D eigenvalue weighted by Gasteiger charge is -2.35. The van der Waals surface area contributed by atoms with E-state index in [1.807, 2.05) is 30.3 Å². The number of pyridine rings is 1. The summed E-state index contributed by atoms with van der Waals surface area (Å²) in [4.78, 5) is 27.6. The molecule has 0 amide bonds. The summed E-state index contributed by atoms with van der Waals surface area (Å²) in [5.74, 6) is 0.433. The molecule has 0 spiro atoms. The zero-order chi connectivity index (χ0) is 19.5. The zero-order valence-corrected chi connectivity index (χ0v) is 16.4. The molecule has 28 heavy (non-hydrogen) atoms. The lowest BCUT2D eigenvalue weighted by Crippen LogP contribution is -2.40. The summed E-state index contributed by atoms with van der Waals surface area (Å²) < 4.78 is 0. The van der Waals surface area contributed by atoms with Crippen molar-refractivity contribution in [2.45, 2.75) is 48.6 Å². The largest absolute Gasteiger partial charge is 0.348 e. The quantitative estimate of drug-likeness (QED) is 0.347. The zero-order valence-electron chi connectivity index (χ0n) is 15.6. The second-order valence-electron chi connectivity index (χ2n) is 6.79. The lowest BCUT2D eigenvalue weighted by molar-refractivity contribution is -0.387. The van der Waals surface area contributed by atoms with Crippen molar-refractivity contribution in [1.82, 2.24) is 15.0 Å². The Bertz CT molecular complexity index is 1010. The number of nitrogens with zero attached hydrogens (tertiary/aromatic N) is 5. The van der Waals surface area contributed by atoms with Gasteiger partial charge in [-0.3, -0.25) is 15.1 Å². The van der Waals surface area contributed by atoms with Crippen LogP contribution in [0.2, 0.25) is 0 Å². The van der Waals surface area contributed by atoms with Crippen molar-refractivity contribution in [2.24, 2.45) is 0 Å². The van der Waals surface area contributed by atoms with E-state index in [4.69, 9.17) is 0 Å². The Morgan fingerprint density at radius 2 is 2.07 bits per heavy atom. The molecule has 0 aliphatic carbocycles. The van der Waals surface area contributed by atoms with E-state index < -0.39 is 0 Å². The third-order valence-corrected chi connectivity index (χ3v) is 6.17. The van der Waals surface area contributed by atoms with Crippen molar-refractivity contribution in [3.05, 3.63) is 53.0 Å². The number of hydrogen-bond donors (Lipinski definition) is 0. The predicted molar refractivity (Wildman–Crippen MR) is 110 cm³/mol. The van der Waals surface area contributed by atoms with Crippen LogP contribution in [0, 0.1) is 10.1 Å². The summed E-state index contributed by atoms with van der Waals surface area (Å²) in [7, 11) is 0. The fourth-order valence-electron chi connectivity index (χ4n) is 3.77. The molecule has 1 aliphatic heterocycles. The second kappa shape index (κ2) is 8.10. The van der Waals surface area contributed by atoms with E-state index in [2.05, 4.69) is 26.8 Å². The highest BCUT2D eigenvalue weighted by Gasteiger charge is 2.32. The third-order valence-electron chi connectivity index (χ3n) is 5.12. The number of aromatic nitrogens is 3. The van der Waals surface area contributed by atoms with Gasteiger partial charge in [0.05, 0.1) is 10.4 Å². The molecule has 3 heterocycles. The molecule has 0 radical (unpaired) electrons. The Kier molecular flexibility index (Phi) is 5.38. The van der Waals surface area contributed by atoms with Crippen LogP contribution in [0.25, 0.3) is 10.9 Å². The fourth-order valence-corrected chi connectivity index (χ4v) is 4.75. The molecular formula is C20H21N5O2S. The van der Waals surface area contributed by atoms with Crippen molar-refractivity contribution < 1.29 is 4.92 Å². The highest BCUT2D eigenvalue weighted by atomic mass is 32.2. The number of nitro groups is 1. The molecule has 0 N–H and O–H groups in total. The molecule has 144 valence electrons. The van der Waals surface area contributed by atoms with E-state index in [-0.39, 0.29) is 16.7 Å². The normalized spacial score (nSPS) is 17.0. The van der Waals surface area contributed by atoms with Crippen LogP contribution in [0.3, 0.4) is 0 Å². The molecule has 1 unspecified atom stereocenters. The smallest absolute Gasteiger partial charge is 0.343 e. The monoisotopic (exact) mass is 395 g/mol. The van der Waals surface area contributed by atoms with Crippen LogP contribution in [0.4, 0.5) is 11.5 Å². The van der Waals surface area contributed by atoms with Crippen LogP contribution in [0.1, 0.15) is 32.6 Å². The van der Waals surface area contributed by atoms with Gasteiger partial charge >= 0.3 is 5.69 Å². The van der Waals surface area contributed by atoms with Gasteiger partial charge in [-0.05, 0) is 37.8 Å². The lowest BCUT2D eigenvalue weighted by atomic mass is 10.00. The van der Waals surface area contributed by atoms with Gasteiger partial charge in [-0.2, -0.15) is 0 Å². The van der Waals surface area contributed by atoms with Crippen LogP contribution < -0.4 is 4.90 Å². The Morgan fingerprint density at radius 1 is 1.21 bits per heavy atom. The van der Waals surface area contributed by atoms with Crippen LogP contribution >= 0.6 is 11.8 Å². The van der Waals surface area contributed by atoms with Crippen molar-refractivity contribution >= 4 is 34.2 Å². The van der Waals surface area contributed by atoms with Gasteiger partial charge in [-0.15, -0.1) is 0 Å². The Morgan fingerprint density at radius 3 is 2.89 bits per heavy atom. The number of rotatable bonds is 5. The molecule has 7 nitrogen and oxygen atoms in total. The average Bonchev–Trinajstić information content (AvgIpc) is 2.73. The molecule has 8 heteroatoms. The highest BCUT2D eigenvalue weighted by Crippen LogP contribution is 2.41. The summed E-state index contributed by atoms with van der Waals surface area (Å²) in [6, 6.07) is 9.96. The van der Waals surface area contributed by atoms with E-state index in [0.29, 0.717) is 10.8 Å². The fraction of sp³-hybridized carbons (Fsp3) is 0.350. The number of hydrogen-bond acceptors (Lipinski definition) is 7. The van der Waals surface area contributed by atoms with E-state index >= 15 is 0 Å². The molecule has 1 fully saturated rings. The molecule has 0 saturated carbocycles. The first-order valence-electron chi connectivity index (χ1n) is 9.46. The van der Waals surface area contributed by atoms with Gasteiger partial charge in [0.15, 0.2) is 5.03 Å². The molecular weight excluding hydrogens is 374 g/mol. The minimum Gasteiger partial charge on any atom is -0.348 e. The van der Waals surface area contributed by atoms with E-state index in [9.17, 15) is 10.1 Å².